The fourth-order valence-corrected chi connectivity index (χ4v) is 2.04. The molecule has 94 valence electrons. The van der Waals surface area contributed by atoms with E-state index in [9.17, 15) is 0 Å². The molecule has 18 heavy (non-hydrogen) atoms. The van der Waals surface area contributed by atoms with E-state index in [1.807, 2.05) is 12.1 Å². The molecule has 0 heterocycles. The number of hydrogen-bond donors (Lipinski definition) is 1. The van der Waals surface area contributed by atoms with Crippen LogP contribution in [0.4, 0.5) is 0 Å². The Morgan fingerprint density at radius 1 is 0.889 bits per heavy atom. The maximum Gasteiger partial charge on any atom is 0.0858 e. The standard InChI is InChI=1S/C16H20N2/c1-18(2)16(15-11-7-4-8-12-15)17-13-14-9-5-3-6-10-14/h3-12,16-17H,13H2,1-2H3. The molecule has 2 heteroatoms. The van der Waals surface area contributed by atoms with Crippen LogP contribution >= 0.6 is 0 Å². The number of rotatable bonds is 5. The summed E-state index contributed by atoms with van der Waals surface area (Å²) in [7, 11) is 4.19. The van der Waals surface area contributed by atoms with Crippen molar-refractivity contribution in [3.8, 4) is 0 Å². The zero-order valence-corrected chi connectivity index (χ0v) is 11.0. The van der Waals surface area contributed by atoms with Gasteiger partial charge in [-0.05, 0) is 25.2 Å². The van der Waals surface area contributed by atoms with Crippen molar-refractivity contribution < 1.29 is 0 Å². The molecule has 2 aromatic rings. The third-order valence-corrected chi connectivity index (χ3v) is 2.97. The van der Waals surface area contributed by atoms with Crippen molar-refractivity contribution in [2.45, 2.75) is 12.7 Å². The molecule has 0 bridgehead atoms. The molecule has 0 spiro atoms. The molecule has 0 amide bonds. The lowest BCUT2D eigenvalue weighted by atomic mass is 10.1. The lowest BCUT2D eigenvalue weighted by molar-refractivity contribution is 0.248. The molecule has 1 N–H and O–H groups in total. The van der Waals surface area contributed by atoms with Crippen LogP contribution in [0.2, 0.25) is 0 Å². The average Bonchev–Trinajstić information content (AvgIpc) is 2.41. The van der Waals surface area contributed by atoms with Crippen molar-refractivity contribution in [2.75, 3.05) is 14.1 Å². The van der Waals surface area contributed by atoms with Crippen molar-refractivity contribution in [1.29, 1.82) is 0 Å². The van der Waals surface area contributed by atoms with E-state index in [1.54, 1.807) is 0 Å². The monoisotopic (exact) mass is 240 g/mol. The summed E-state index contributed by atoms with van der Waals surface area (Å²) >= 11 is 0. The highest BCUT2D eigenvalue weighted by Gasteiger charge is 2.12. The highest BCUT2D eigenvalue weighted by Crippen LogP contribution is 2.15. The first-order chi connectivity index (χ1) is 8.77. The van der Waals surface area contributed by atoms with E-state index < -0.39 is 0 Å². The van der Waals surface area contributed by atoms with Crippen molar-refractivity contribution in [1.82, 2.24) is 10.2 Å². The molecule has 0 aliphatic carbocycles. The summed E-state index contributed by atoms with van der Waals surface area (Å²) in [4.78, 5) is 2.19. The van der Waals surface area contributed by atoms with Crippen molar-refractivity contribution in [3.63, 3.8) is 0 Å². The first-order valence-corrected chi connectivity index (χ1v) is 6.26. The maximum absolute atomic E-state index is 3.58. The molecule has 1 atom stereocenters. The fraction of sp³-hybridized carbons (Fsp3) is 0.250. The van der Waals surface area contributed by atoms with Crippen LogP contribution in [0.1, 0.15) is 17.3 Å². The van der Waals surface area contributed by atoms with Crippen molar-refractivity contribution in [3.05, 3.63) is 71.8 Å². The van der Waals surface area contributed by atoms with Gasteiger partial charge in [0.15, 0.2) is 0 Å². The van der Waals surface area contributed by atoms with Gasteiger partial charge in [-0.15, -0.1) is 0 Å². The molecule has 0 aromatic heterocycles. The lowest BCUT2D eigenvalue weighted by Crippen LogP contribution is -2.32. The predicted molar refractivity (Wildman–Crippen MR) is 76.2 cm³/mol. The largest absolute Gasteiger partial charge is 0.294 e. The predicted octanol–water partition coefficient (Wildman–Crippen LogP) is 3.04. The summed E-state index contributed by atoms with van der Waals surface area (Å²) in [6, 6.07) is 21.0. The van der Waals surface area contributed by atoms with Gasteiger partial charge in [0.05, 0.1) is 6.17 Å². The first kappa shape index (κ1) is 12.8. The number of nitrogens with one attached hydrogen (secondary N) is 1. The summed E-state index contributed by atoms with van der Waals surface area (Å²) in [5.74, 6) is 0. The topological polar surface area (TPSA) is 15.3 Å². The van der Waals surface area contributed by atoms with Crippen LogP contribution in [0.25, 0.3) is 0 Å². The zero-order chi connectivity index (χ0) is 12.8. The van der Waals surface area contributed by atoms with E-state index in [4.69, 9.17) is 0 Å². The summed E-state index contributed by atoms with van der Waals surface area (Å²) in [5, 5.41) is 3.58. The van der Waals surface area contributed by atoms with Gasteiger partial charge in [0, 0.05) is 6.54 Å². The van der Waals surface area contributed by atoms with Gasteiger partial charge in [-0.3, -0.25) is 10.2 Å². The number of nitrogens with zero attached hydrogens (tertiary/aromatic N) is 1. The molecular weight excluding hydrogens is 220 g/mol. The van der Waals surface area contributed by atoms with Gasteiger partial charge >= 0.3 is 0 Å². The maximum atomic E-state index is 3.58. The lowest BCUT2D eigenvalue weighted by Gasteiger charge is -2.26. The van der Waals surface area contributed by atoms with Gasteiger partial charge < -0.3 is 0 Å². The molecule has 0 fully saturated rings. The molecule has 0 aliphatic heterocycles. The molecule has 1 unspecified atom stereocenters. The second-order valence-corrected chi connectivity index (χ2v) is 4.64. The number of benzene rings is 2. The Morgan fingerprint density at radius 3 is 2.00 bits per heavy atom. The van der Waals surface area contributed by atoms with E-state index in [2.05, 4.69) is 72.8 Å². The van der Waals surface area contributed by atoms with Crippen LogP contribution in [0.5, 0.6) is 0 Å². The molecule has 0 saturated heterocycles. The Morgan fingerprint density at radius 2 is 1.44 bits per heavy atom. The average molecular weight is 240 g/mol. The van der Waals surface area contributed by atoms with E-state index >= 15 is 0 Å². The molecule has 0 radical (unpaired) electrons. The van der Waals surface area contributed by atoms with Crippen LogP contribution in [0.15, 0.2) is 60.7 Å². The molecule has 2 nitrogen and oxygen atoms in total. The molecule has 0 aliphatic rings. The van der Waals surface area contributed by atoms with Crippen LogP contribution in [0, 0.1) is 0 Å². The van der Waals surface area contributed by atoms with E-state index in [1.165, 1.54) is 11.1 Å². The van der Waals surface area contributed by atoms with E-state index in [0.717, 1.165) is 6.54 Å². The minimum atomic E-state index is 0.242. The Labute approximate surface area is 109 Å². The van der Waals surface area contributed by atoms with Gasteiger partial charge in [-0.2, -0.15) is 0 Å². The Hall–Kier alpha value is -1.64. The first-order valence-electron chi connectivity index (χ1n) is 6.26. The zero-order valence-electron chi connectivity index (χ0n) is 11.0. The van der Waals surface area contributed by atoms with Gasteiger partial charge in [0.25, 0.3) is 0 Å². The highest BCUT2D eigenvalue weighted by atomic mass is 15.2. The highest BCUT2D eigenvalue weighted by molar-refractivity contribution is 5.19. The van der Waals surface area contributed by atoms with Crippen molar-refractivity contribution in [2.24, 2.45) is 0 Å². The minimum absolute atomic E-state index is 0.242. The molecular formula is C16H20N2. The van der Waals surface area contributed by atoms with Crippen LogP contribution in [0.3, 0.4) is 0 Å². The molecule has 2 aromatic carbocycles. The normalized spacial score (nSPS) is 12.6. The van der Waals surface area contributed by atoms with Crippen molar-refractivity contribution >= 4 is 0 Å². The van der Waals surface area contributed by atoms with E-state index in [-0.39, 0.29) is 6.17 Å². The smallest absolute Gasteiger partial charge is 0.0858 e. The Balaban J connectivity index is 2.04. The third-order valence-electron chi connectivity index (χ3n) is 2.97. The molecule has 0 saturated carbocycles. The van der Waals surface area contributed by atoms with Crippen LogP contribution in [-0.4, -0.2) is 19.0 Å². The minimum Gasteiger partial charge on any atom is -0.294 e. The van der Waals surface area contributed by atoms with Gasteiger partial charge in [-0.1, -0.05) is 60.7 Å². The van der Waals surface area contributed by atoms with Crippen LogP contribution < -0.4 is 5.32 Å². The summed E-state index contributed by atoms with van der Waals surface area (Å²) in [6.07, 6.45) is 0.242. The van der Waals surface area contributed by atoms with Gasteiger partial charge in [0.2, 0.25) is 0 Å². The summed E-state index contributed by atoms with van der Waals surface area (Å²) in [6.45, 7) is 0.874. The summed E-state index contributed by atoms with van der Waals surface area (Å²) in [5.41, 5.74) is 2.60. The van der Waals surface area contributed by atoms with Gasteiger partial charge in [-0.25, -0.2) is 0 Å². The van der Waals surface area contributed by atoms with Crippen LogP contribution in [-0.2, 0) is 6.54 Å². The fourth-order valence-electron chi connectivity index (χ4n) is 2.04. The number of hydrogen-bond acceptors (Lipinski definition) is 2. The quantitative estimate of drug-likeness (QED) is 0.808. The third kappa shape index (κ3) is 3.42. The SMILES string of the molecule is CN(C)C(NCc1ccccc1)c1ccccc1. The van der Waals surface area contributed by atoms with Gasteiger partial charge in [0.1, 0.15) is 0 Å². The second kappa shape index (κ2) is 6.34. The summed E-state index contributed by atoms with van der Waals surface area (Å²) < 4.78 is 0. The Kier molecular flexibility index (Phi) is 4.51. The second-order valence-electron chi connectivity index (χ2n) is 4.64. The molecule has 2 rings (SSSR count). The Bertz CT molecular complexity index is 451. The van der Waals surface area contributed by atoms with E-state index in [0.29, 0.717) is 0 Å².